The first-order valence-electron chi connectivity index (χ1n) is 6.83. The van der Waals surface area contributed by atoms with E-state index < -0.39 is 11.8 Å². The van der Waals surface area contributed by atoms with Crippen molar-refractivity contribution in [2.75, 3.05) is 12.4 Å². The second-order valence-corrected chi connectivity index (χ2v) is 5.59. The molecule has 0 atom stereocenters. The molecule has 7 heteroatoms. The fourth-order valence-electron chi connectivity index (χ4n) is 2.07. The maximum absolute atomic E-state index is 12.1. The van der Waals surface area contributed by atoms with E-state index in [4.69, 9.17) is 33.7 Å². The van der Waals surface area contributed by atoms with Crippen LogP contribution in [0.4, 0.5) is 5.69 Å². The summed E-state index contributed by atoms with van der Waals surface area (Å²) >= 11 is 12.0. The molecular formula is C17H14Cl2N2O3. The standard InChI is InChI=1S/C17H14Cl2N2O3/c1-24-16-10(8-11(18)9-13(16)19)6-7-15(22)21-14-5-3-2-4-12(14)17(20)23/h2-9H,1H3,(H2,20,23)(H,21,22)/b7-6+. The van der Waals surface area contributed by atoms with Crippen molar-refractivity contribution in [1.29, 1.82) is 0 Å². The van der Waals surface area contributed by atoms with E-state index in [1.807, 2.05) is 0 Å². The van der Waals surface area contributed by atoms with Crippen LogP contribution in [0.25, 0.3) is 6.08 Å². The van der Waals surface area contributed by atoms with Gasteiger partial charge in [-0.1, -0.05) is 35.3 Å². The Morgan fingerprint density at radius 2 is 1.92 bits per heavy atom. The summed E-state index contributed by atoms with van der Waals surface area (Å²) in [5, 5.41) is 3.35. The van der Waals surface area contributed by atoms with Gasteiger partial charge in [0.2, 0.25) is 5.91 Å². The highest BCUT2D eigenvalue weighted by Gasteiger charge is 2.10. The van der Waals surface area contributed by atoms with Crippen LogP contribution in [0.2, 0.25) is 10.0 Å². The van der Waals surface area contributed by atoms with Crippen LogP contribution in [0, 0.1) is 0 Å². The molecule has 2 aromatic rings. The fraction of sp³-hybridized carbons (Fsp3) is 0.0588. The van der Waals surface area contributed by atoms with Crippen LogP contribution in [0.1, 0.15) is 15.9 Å². The van der Waals surface area contributed by atoms with E-state index in [0.29, 0.717) is 27.0 Å². The maximum Gasteiger partial charge on any atom is 0.250 e. The van der Waals surface area contributed by atoms with Crippen LogP contribution >= 0.6 is 23.2 Å². The zero-order chi connectivity index (χ0) is 17.7. The Hall–Kier alpha value is -2.50. The molecule has 0 aliphatic carbocycles. The van der Waals surface area contributed by atoms with Gasteiger partial charge in [0.15, 0.2) is 0 Å². The molecule has 0 aliphatic rings. The zero-order valence-corrected chi connectivity index (χ0v) is 14.2. The van der Waals surface area contributed by atoms with Crippen molar-refractivity contribution in [3.05, 3.63) is 63.6 Å². The van der Waals surface area contributed by atoms with E-state index in [0.717, 1.165) is 0 Å². The predicted molar refractivity (Wildman–Crippen MR) is 95.6 cm³/mol. The number of primary amides is 1. The predicted octanol–water partition coefficient (Wildman–Crippen LogP) is 3.75. The Labute approximate surface area is 149 Å². The van der Waals surface area contributed by atoms with Gasteiger partial charge < -0.3 is 15.8 Å². The van der Waals surface area contributed by atoms with Crippen LogP contribution in [0.15, 0.2) is 42.5 Å². The summed E-state index contributed by atoms with van der Waals surface area (Å²) in [4.78, 5) is 23.4. The van der Waals surface area contributed by atoms with Gasteiger partial charge >= 0.3 is 0 Å². The number of benzene rings is 2. The summed E-state index contributed by atoms with van der Waals surface area (Å²) in [5.74, 6) is -0.664. The molecule has 2 aromatic carbocycles. The molecule has 0 bridgehead atoms. The highest BCUT2D eigenvalue weighted by Crippen LogP contribution is 2.33. The Bertz CT molecular complexity index is 819. The number of carbonyl (C=O) groups is 2. The molecule has 0 saturated heterocycles. The van der Waals surface area contributed by atoms with Crippen LogP contribution in [0.5, 0.6) is 5.75 Å². The summed E-state index contributed by atoms with van der Waals surface area (Å²) < 4.78 is 5.20. The first-order valence-corrected chi connectivity index (χ1v) is 7.59. The summed E-state index contributed by atoms with van der Waals surface area (Å²) in [6, 6.07) is 9.62. The fourth-order valence-corrected chi connectivity index (χ4v) is 2.65. The van der Waals surface area contributed by atoms with E-state index in [9.17, 15) is 9.59 Å². The van der Waals surface area contributed by atoms with Gasteiger partial charge in [-0.15, -0.1) is 0 Å². The average Bonchev–Trinajstić information content (AvgIpc) is 2.52. The topological polar surface area (TPSA) is 81.4 Å². The molecule has 0 heterocycles. The Morgan fingerprint density at radius 3 is 2.58 bits per heavy atom. The number of ether oxygens (including phenoxy) is 1. The van der Waals surface area contributed by atoms with Gasteiger partial charge in [-0.3, -0.25) is 9.59 Å². The zero-order valence-electron chi connectivity index (χ0n) is 12.7. The SMILES string of the molecule is COc1c(Cl)cc(Cl)cc1/C=C/C(=O)Nc1ccccc1C(N)=O. The molecule has 3 N–H and O–H groups in total. The summed E-state index contributed by atoms with van der Waals surface area (Å²) in [7, 11) is 1.47. The number of hydrogen-bond donors (Lipinski definition) is 2. The van der Waals surface area contributed by atoms with E-state index >= 15 is 0 Å². The van der Waals surface area contributed by atoms with Crippen molar-refractivity contribution < 1.29 is 14.3 Å². The number of methoxy groups -OCH3 is 1. The average molecular weight is 365 g/mol. The number of anilines is 1. The van der Waals surface area contributed by atoms with Crippen LogP contribution in [-0.4, -0.2) is 18.9 Å². The van der Waals surface area contributed by atoms with E-state index in [-0.39, 0.29) is 5.56 Å². The van der Waals surface area contributed by atoms with Crippen molar-refractivity contribution >= 4 is 46.8 Å². The van der Waals surface area contributed by atoms with Gasteiger partial charge in [0.25, 0.3) is 5.91 Å². The lowest BCUT2D eigenvalue weighted by Crippen LogP contribution is -2.16. The lowest BCUT2D eigenvalue weighted by atomic mass is 10.1. The van der Waals surface area contributed by atoms with Crippen LogP contribution in [-0.2, 0) is 4.79 Å². The molecule has 0 radical (unpaired) electrons. The number of para-hydroxylation sites is 1. The second kappa shape index (κ2) is 7.86. The Balaban J connectivity index is 2.22. The third kappa shape index (κ3) is 4.28. The van der Waals surface area contributed by atoms with Crippen molar-refractivity contribution in [2.45, 2.75) is 0 Å². The molecule has 0 fully saturated rings. The highest BCUT2D eigenvalue weighted by atomic mass is 35.5. The van der Waals surface area contributed by atoms with Crippen molar-refractivity contribution in [1.82, 2.24) is 0 Å². The molecule has 0 saturated carbocycles. The van der Waals surface area contributed by atoms with Crippen LogP contribution in [0.3, 0.4) is 0 Å². The number of nitrogens with one attached hydrogen (secondary N) is 1. The number of rotatable bonds is 5. The Kier molecular flexibility index (Phi) is 5.84. The number of nitrogens with two attached hydrogens (primary N) is 1. The second-order valence-electron chi connectivity index (χ2n) is 4.74. The molecule has 0 unspecified atom stereocenters. The quantitative estimate of drug-likeness (QED) is 0.792. The van der Waals surface area contributed by atoms with Gasteiger partial charge in [-0.25, -0.2) is 0 Å². The van der Waals surface area contributed by atoms with E-state index in [1.165, 1.54) is 25.3 Å². The number of halogens is 2. The lowest BCUT2D eigenvalue weighted by Gasteiger charge is -2.08. The third-order valence-corrected chi connectivity index (χ3v) is 3.60. The number of amides is 2. The third-order valence-electron chi connectivity index (χ3n) is 3.11. The van der Waals surface area contributed by atoms with Crippen LogP contribution < -0.4 is 15.8 Å². The molecule has 0 spiro atoms. The largest absolute Gasteiger partial charge is 0.495 e. The smallest absolute Gasteiger partial charge is 0.250 e. The molecule has 2 rings (SSSR count). The van der Waals surface area contributed by atoms with Gasteiger partial charge in [0.1, 0.15) is 5.75 Å². The minimum atomic E-state index is -0.627. The molecule has 24 heavy (non-hydrogen) atoms. The molecule has 0 aliphatic heterocycles. The highest BCUT2D eigenvalue weighted by molar-refractivity contribution is 6.36. The lowest BCUT2D eigenvalue weighted by molar-refractivity contribution is -0.111. The van der Waals surface area contributed by atoms with Gasteiger partial charge in [0.05, 0.1) is 23.4 Å². The van der Waals surface area contributed by atoms with E-state index in [1.54, 1.807) is 30.3 Å². The normalized spacial score (nSPS) is 10.6. The van der Waals surface area contributed by atoms with Gasteiger partial charge in [0, 0.05) is 16.7 Å². The van der Waals surface area contributed by atoms with Gasteiger partial charge in [-0.2, -0.15) is 0 Å². The molecule has 124 valence electrons. The minimum absolute atomic E-state index is 0.225. The summed E-state index contributed by atoms with van der Waals surface area (Å²) in [6.07, 6.45) is 2.79. The van der Waals surface area contributed by atoms with Gasteiger partial charge in [-0.05, 0) is 30.3 Å². The number of hydrogen-bond acceptors (Lipinski definition) is 3. The maximum atomic E-state index is 12.1. The minimum Gasteiger partial charge on any atom is -0.495 e. The number of carbonyl (C=O) groups excluding carboxylic acids is 2. The molecule has 2 amide bonds. The van der Waals surface area contributed by atoms with Crippen molar-refractivity contribution in [2.24, 2.45) is 5.73 Å². The summed E-state index contributed by atoms with van der Waals surface area (Å²) in [5.41, 5.74) is 6.38. The Morgan fingerprint density at radius 1 is 1.21 bits per heavy atom. The summed E-state index contributed by atoms with van der Waals surface area (Å²) in [6.45, 7) is 0. The van der Waals surface area contributed by atoms with Crippen molar-refractivity contribution in [3.8, 4) is 5.75 Å². The van der Waals surface area contributed by atoms with E-state index in [2.05, 4.69) is 5.32 Å². The molecule has 0 aromatic heterocycles. The van der Waals surface area contributed by atoms with Crippen molar-refractivity contribution in [3.63, 3.8) is 0 Å². The first kappa shape index (κ1) is 17.8. The molecular weight excluding hydrogens is 351 g/mol. The first-order chi connectivity index (χ1) is 11.4. The monoisotopic (exact) mass is 364 g/mol. The molecule has 5 nitrogen and oxygen atoms in total.